The van der Waals surface area contributed by atoms with Crippen LogP contribution in [0.2, 0.25) is 0 Å². The second-order valence-corrected chi connectivity index (χ2v) is 6.83. The zero-order chi connectivity index (χ0) is 19.3. The summed E-state index contributed by atoms with van der Waals surface area (Å²) in [6.45, 7) is 1.80. The minimum absolute atomic E-state index is 0.371. The smallest absolute Gasteiger partial charge is 0.321 e. The summed E-state index contributed by atoms with van der Waals surface area (Å²) < 4.78 is 0. The van der Waals surface area contributed by atoms with Crippen LogP contribution in [-0.2, 0) is 0 Å². The summed E-state index contributed by atoms with van der Waals surface area (Å²) in [7, 11) is 0. The van der Waals surface area contributed by atoms with E-state index in [9.17, 15) is 4.79 Å². The molecule has 2 amide bonds. The lowest BCUT2D eigenvalue weighted by Gasteiger charge is -2.16. The van der Waals surface area contributed by atoms with Crippen molar-refractivity contribution in [1.82, 2.24) is 35.7 Å². The van der Waals surface area contributed by atoms with E-state index < -0.39 is 12.1 Å². The van der Waals surface area contributed by atoms with E-state index >= 15 is 0 Å². The van der Waals surface area contributed by atoms with Crippen molar-refractivity contribution in [3.05, 3.63) is 71.9 Å². The number of aromatic nitrogens is 6. The van der Waals surface area contributed by atoms with Gasteiger partial charge in [-0.3, -0.25) is 15.4 Å². The van der Waals surface area contributed by atoms with E-state index in [1.165, 1.54) is 11.3 Å². The number of nitrogens with one attached hydrogen (secondary N) is 3. The molecule has 3 N–H and O–H groups in total. The Morgan fingerprint density at radius 3 is 2.64 bits per heavy atom. The molecular weight excluding hydrogens is 376 g/mol. The number of aryl methyl sites for hydroxylation is 1. The van der Waals surface area contributed by atoms with Crippen LogP contribution in [0.15, 0.2) is 54.7 Å². The maximum absolute atomic E-state index is 12.6. The summed E-state index contributed by atoms with van der Waals surface area (Å²) in [5.74, 6) is 1.15. The van der Waals surface area contributed by atoms with Gasteiger partial charge < -0.3 is 5.32 Å². The minimum Gasteiger partial charge on any atom is -0.324 e. The Morgan fingerprint density at radius 1 is 1.11 bits per heavy atom. The van der Waals surface area contributed by atoms with Crippen LogP contribution in [0.3, 0.4) is 0 Å². The predicted molar refractivity (Wildman–Crippen MR) is 105 cm³/mol. The molecule has 28 heavy (non-hydrogen) atoms. The first-order chi connectivity index (χ1) is 13.7. The van der Waals surface area contributed by atoms with E-state index in [0.29, 0.717) is 27.5 Å². The average molecular weight is 392 g/mol. The molecule has 1 aromatic carbocycles. The largest absolute Gasteiger partial charge is 0.324 e. The van der Waals surface area contributed by atoms with Crippen LogP contribution < -0.4 is 10.6 Å². The van der Waals surface area contributed by atoms with Crippen molar-refractivity contribution in [2.24, 2.45) is 0 Å². The molecule has 1 unspecified atom stereocenters. The number of pyridine rings is 1. The molecule has 4 rings (SSSR count). The number of aromatic amines is 1. The van der Waals surface area contributed by atoms with Gasteiger partial charge >= 0.3 is 6.03 Å². The van der Waals surface area contributed by atoms with Gasteiger partial charge in [-0.2, -0.15) is 5.10 Å². The minimum atomic E-state index is -0.505. The number of hydrogen-bond donors (Lipinski definition) is 3. The number of carbonyl (C=O) groups is 1. The number of hydrogen-bond acceptors (Lipinski definition) is 7. The molecule has 3 aromatic heterocycles. The third-order valence-corrected chi connectivity index (χ3v) is 4.67. The fraction of sp³-hybridized carbons (Fsp3) is 0.111. The summed E-state index contributed by atoms with van der Waals surface area (Å²) >= 11 is 1.24. The van der Waals surface area contributed by atoms with Gasteiger partial charge in [0.2, 0.25) is 5.13 Å². The maximum Gasteiger partial charge on any atom is 0.321 e. The van der Waals surface area contributed by atoms with Crippen LogP contribution in [-0.4, -0.2) is 36.4 Å². The Kier molecular flexibility index (Phi) is 5.02. The molecule has 0 bridgehead atoms. The average Bonchev–Trinajstić information content (AvgIpc) is 3.36. The first-order valence-electron chi connectivity index (χ1n) is 8.45. The maximum atomic E-state index is 12.6. The van der Waals surface area contributed by atoms with Crippen LogP contribution >= 0.6 is 11.3 Å². The molecule has 0 aliphatic heterocycles. The number of amides is 2. The number of H-pyrrole nitrogens is 1. The topological polar surface area (TPSA) is 121 Å². The van der Waals surface area contributed by atoms with E-state index in [4.69, 9.17) is 0 Å². The molecule has 0 radical (unpaired) electrons. The molecule has 0 saturated heterocycles. The SMILES string of the molecule is Cc1nc(C(NC(=O)Nc2nnc(-c3ccccn3)s2)c2ccccc2)n[nH]1. The van der Waals surface area contributed by atoms with Crippen molar-refractivity contribution in [3.8, 4) is 10.7 Å². The molecule has 1 atom stereocenters. The summed E-state index contributed by atoms with van der Waals surface area (Å²) in [6, 6.07) is 14.1. The number of carbonyl (C=O) groups excluding carboxylic acids is 1. The predicted octanol–water partition coefficient (Wildman–Crippen LogP) is 2.94. The molecule has 3 heterocycles. The Labute approximate surface area is 164 Å². The van der Waals surface area contributed by atoms with E-state index in [-0.39, 0.29) is 0 Å². The Bertz CT molecular complexity index is 1060. The van der Waals surface area contributed by atoms with Gasteiger partial charge in [-0.25, -0.2) is 9.78 Å². The van der Waals surface area contributed by atoms with Crippen molar-refractivity contribution >= 4 is 22.5 Å². The van der Waals surface area contributed by atoms with Gasteiger partial charge in [0.05, 0.1) is 0 Å². The van der Waals surface area contributed by atoms with Crippen LogP contribution in [0.25, 0.3) is 10.7 Å². The van der Waals surface area contributed by atoms with E-state index in [1.807, 2.05) is 48.5 Å². The molecule has 9 nitrogen and oxygen atoms in total. The summed E-state index contributed by atoms with van der Waals surface area (Å²) in [4.78, 5) is 21.1. The molecule has 4 aromatic rings. The Morgan fingerprint density at radius 2 is 1.93 bits per heavy atom. The van der Waals surface area contributed by atoms with Crippen molar-refractivity contribution in [1.29, 1.82) is 0 Å². The third kappa shape index (κ3) is 4.01. The van der Waals surface area contributed by atoms with Crippen molar-refractivity contribution in [2.75, 3.05) is 5.32 Å². The van der Waals surface area contributed by atoms with Crippen LogP contribution in [0.1, 0.15) is 23.3 Å². The van der Waals surface area contributed by atoms with Gasteiger partial charge in [-0.1, -0.05) is 47.7 Å². The van der Waals surface area contributed by atoms with Crippen molar-refractivity contribution < 1.29 is 4.79 Å². The summed E-state index contributed by atoms with van der Waals surface area (Å²) in [5.41, 5.74) is 1.56. The summed E-state index contributed by atoms with van der Waals surface area (Å²) in [6.07, 6.45) is 1.68. The second kappa shape index (κ2) is 7.92. The highest BCUT2D eigenvalue weighted by Gasteiger charge is 2.21. The van der Waals surface area contributed by atoms with Gasteiger partial charge in [0.25, 0.3) is 0 Å². The van der Waals surface area contributed by atoms with Crippen LogP contribution in [0.4, 0.5) is 9.93 Å². The Balaban J connectivity index is 1.50. The molecular formula is C18H16N8OS. The molecule has 0 spiro atoms. The number of anilines is 1. The highest BCUT2D eigenvalue weighted by Crippen LogP contribution is 2.25. The lowest BCUT2D eigenvalue weighted by atomic mass is 10.1. The zero-order valence-electron chi connectivity index (χ0n) is 14.8. The first-order valence-corrected chi connectivity index (χ1v) is 9.27. The second-order valence-electron chi connectivity index (χ2n) is 5.85. The number of urea groups is 1. The quantitative estimate of drug-likeness (QED) is 0.480. The molecule has 0 aliphatic carbocycles. The number of rotatable bonds is 5. The first kappa shape index (κ1) is 17.7. The van der Waals surface area contributed by atoms with Crippen LogP contribution in [0.5, 0.6) is 0 Å². The highest BCUT2D eigenvalue weighted by molar-refractivity contribution is 7.18. The van der Waals surface area contributed by atoms with Crippen molar-refractivity contribution in [3.63, 3.8) is 0 Å². The fourth-order valence-electron chi connectivity index (χ4n) is 2.56. The standard InChI is InChI=1S/C18H16N8OS/c1-11-20-15(24-23-11)14(12-7-3-2-4-8-12)21-17(27)22-18-26-25-16(28-18)13-9-5-6-10-19-13/h2-10,14H,1H3,(H,20,23,24)(H2,21,22,26,27). The monoisotopic (exact) mass is 392 g/mol. The normalized spacial score (nSPS) is 11.8. The molecule has 10 heteroatoms. The molecule has 0 aliphatic rings. The molecule has 0 saturated carbocycles. The third-order valence-electron chi connectivity index (χ3n) is 3.81. The van der Waals surface area contributed by atoms with Gasteiger partial charge in [-0.15, -0.1) is 10.2 Å². The fourth-order valence-corrected chi connectivity index (χ4v) is 3.28. The lowest BCUT2D eigenvalue weighted by Crippen LogP contribution is -2.33. The van der Waals surface area contributed by atoms with Crippen LogP contribution in [0, 0.1) is 6.92 Å². The van der Waals surface area contributed by atoms with E-state index in [1.54, 1.807) is 13.1 Å². The summed E-state index contributed by atoms with van der Waals surface area (Å²) in [5, 5.41) is 21.7. The number of benzene rings is 1. The van der Waals surface area contributed by atoms with E-state index in [0.717, 1.165) is 5.56 Å². The Hall–Kier alpha value is -3.66. The van der Waals surface area contributed by atoms with Gasteiger partial charge in [-0.05, 0) is 24.6 Å². The molecule has 0 fully saturated rings. The van der Waals surface area contributed by atoms with Gasteiger partial charge in [0, 0.05) is 6.20 Å². The van der Waals surface area contributed by atoms with Crippen molar-refractivity contribution in [2.45, 2.75) is 13.0 Å². The van der Waals surface area contributed by atoms with Gasteiger partial charge in [0.15, 0.2) is 10.8 Å². The highest BCUT2D eigenvalue weighted by atomic mass is 32.1. The zero-order valence-corrected chi connectivity index (χ0v) is 15.6. The van der Waals surface area contributed by atoms with Gasteiger partial charge in [0.1, 0.15) is 17.6 Å². The number of nitrogens with zero attached hydrogens (tertiary/aromatic N) is 5. The van der Waals surface area contributed by atoms with E-state index in [2.05, 4.69) is 41.0 Å². The lowest BCUT2D eigenvalue weighted by molar-refractivity contribution is 0.249. The molecule has 140 valence electrons.